The van der Waals surface area contributed by atoms with Crippen molar-refractivity contribution in [2.24, 2.45) is 5.41 Å². The Labute approximate surface area is 135 Å². The molecule has 0 aliphatic rings. The minimum atomic E-state index is 0.0822. The van der Waals surface area contributed by atoms with Gasteiger partial charge in [0.05, 0.1) is 6.04 Å². The van der Waals surface area contributed by atoms with E-state index >= 15 is 0 Å². The number of aryl methyl sites for hydroxylation is 1. The van der Waals surface area contributed by atoms with Gasteiger partial charge in [0.1, 0.15) is 6.33 Å². The van der Waals surface area contributed by atoms with Crippen LogP contribution >= 0.6 is 0 Å². The van der Waals surface area contributed by atoms with Gasteiger partial charge in [0.15, 0.2) is 17.2 Å². The summed E-state index contributed by atoms with van der Waals surface area (Å²) in [7, 11) is 0. The fraction of sp³-hybridized carbons (Fsp3) is 0.412. The van der Waals surface area contributed by atoms with Crippen LogP contribution in [0, 0.1) is 12.3 Å². The van der Waals surface area contributed by atoms with Gasteiger partial charge in [-0.05, 0) is 23.5 Å². The number of anilines is 1. The highest BCUT2D eigenvalue weighted by Gasteiger charge is 2.22. The number of pyridine rings is 1. The molecule has 3 heterocycles. The standard InChI is InChI=1S/C17H21N5O/c1-11-21-14-15(19-10-20-16(14)23-11)22-13(8-17(2,3)4)12-6-5-7-18-9-12/h5-7,9-10,13H,8H2,1-4H3,(H,19,20,22). The van der Waals surface area contributed by atoms with E-state index in [1.165, 1.54) is 6.33 Å². The molecule has 0 bridgehead atoms. The Morgan fingerprint density at radius 1 is 1.26 bits per heavy atom. The van der Waals surface area contributed by atoms with Crippen molar-refractivity contribution in [1.29, 1.82) is 0 Å². The molecule has 0 spiro atoms. The lowest BCUT2D eigenvalue weighted by Crippen LogP contribution is -2.19. The van der Waals surface area contributed by atoms with Crippen LogP contribution in [0.4, 0.5) is 5.82 Å². The van der Waals surface area contributed by atoms with Gasteiger partial charge in [-0.25, -0.2) is 9.97 Å². The largest absolute Gasteiger partial charge is 0.422 e. The zero-order chi connectivity index (χ0) is 16.4. The first-order chi connectivity index (χ1) is 10.9. The molecule has 0 aromatic carbocycles. The average Bonchev–Trinajstić information content (AvgIpc) is 2.87. The van der Waals surface area contributed by atoms with E-state index < -0.39 is 0 Å². The molecule has 0 fully saturated rings. The minimum Gasteiger partial charge on any atom is -0.422 e. The van der Waals surface area contributed by atoms with Crippen molar-refractivity contribution >= 4 is 17.0 Å². The van der Waals surface area contributed by atoms with E-state index in [1.54, 1.807) is 13.1 Å². The van der Waals surface area contributed by atoms with Crippen LogP contribution in [0.2, 0.25) is 0 Å². The van der Waals surface area contributed by atoms with Gasteiger partial charge in [-0.1, -0.05) is 26.8 Å². The number of aromatic nitrogens is 4. The third kappa shape index (κ3) is 3.64. The fourth-order valence-electron chi connectivity index (χ4n) is 2.58. The maximum Gasteiger partial charge on any atom is 0.252 e. The van der Waals surface area contributed by atoms with Crippen LogP contribution in [0.3, 0.4) is 0 Å². The van der Waals surface area contributed by atoms with Gasteiger partial charge in [0, 0.05) is 19.3 Å². The molecule has 1 atom stereocenters. The van der Waals surface area contributed by atoms with Crippen molar-refractivity contribution < 1.29 is 4.42 Å². The Bertz CT molecular complexity index is 792. The SMILES string of the molecule is Cc1nc2c(NC(CC(C)(C)C)c3cccnc3)ncnc2o1. The van der Waals surface area contributed by atoms with Crippen LogP contribution in [-0.2, 0) is 0 Å². The predicted molar refractivity (Wildman–Crippen MR) is 89.0 cm³/mol. The molecule has 3 aromatic rings. The fourth-order valence-corrected chi connectivity index (χ4v) is 2.58. The second-order valence-corrected chi connectivity index (χ2v) is 6.86. The van der Waals surface area contributed by atoms with Crippen LogP contribution in [-0.4, -0.2) is 19.9 Å². The van der Waals surface area contributed by atoms with Crippen LogP contribution in [0.1, 0.15) is 44.7 Å². The second-order valence-electron chi connectivity index (χ2n) is 6.86. The lowest BCUT2D eigenvalue weighted by atomic mass is 9.86. The van der Waals surface area contributed by atoms with Crippen molar-refractivity contribution in [3.8, 4) is 0 Å². The zero-order valence-corrected chi connectivity index (χ0v) is 13.9. The third-order valence-corrected chi connectivity index (χ3v) is 3.52. The summed E-state index contributed by atoms with van der Waals surface area (Å²) in [5, 5.41) is 3.49. The van der Waals surface area contributed by atoms with E-state index in [1.807, 2.05) is 12.3 Å². The molecule has 3 rings (SSSR count). The van der Waals surface area contributed by atoms with E-state index in [0.29, 0.717) is 22.9 Å². The number of hydrogen-bond acceptors (Lipinski definition) is 6. The minimum absolute atomic E-state index is 0.0822. The van der Waals surface area contributed by atoms with E-state index in [0.717, 1.165) is 12.0 Å². The highest BCUT2D eigenvalue weighted by molar-refractivity contribution is 5.81. The molecule has 6 heteroatoms. The molecule has 23 heavy (non-hydrogen) atoms. The molecule has 0 saturated carbocycles. The first kappa shape index (κ1) is 15.4. The Morgan fingerprint density at radius 3 is 2.78 bits per heavy atom. The summed E-state index contributed by atoms with van der Waals surface area (Å²) < 4.78 is 5.48. The van der Waals surface area contributed by atoms with Gasteiger partial charge < -0.3 is 9.73 Å². The van der Waals surface area contributed by atoms with Crippen molar-refractivity contribution in [3.63, 3.8) is 0 Å². The van der Waals surface area contributed by atoms with E-state index in [2.05, 4.69) is 52.1 Å². The Kier molecular flexibility index (Phi) is 3.98. The highest BCUT2D eigenvalue weighted by Crippen LogP contribution is 2.32. The number of nitrogens with zero attached hydrogens (tertiary/aromatic N) is 4. The first-order valence-corrected chi connectivity index (χ1v) is 7.67. The molecule has 6 nitrogen and oxygen atoms in total. The zero-order valence-electron chi connectivity index (χ0n) is 13.9. The number of oxazole rings is 1. The van der Waals surface area contributed by atoms with E-state index in [9.17, 15) is 0 Å². The van der Waals surface area contributed by atoms with Crippen molar-refractivity contribution in [2.45, 2.75) is 40.2 Å². The summed E-state index contributed by atoms with van der Waals surface area (Å²) in [5.41, 5.74) is 2.43. The number of hydrogen-bond donors (Lipinski definition) is 1. The molecule has 120 valence electrons. The first-order valence-electron chi connectivity index (χ1n) is 7.67. The maximum atomic E-state index is 5.48. The molecular weight excluding hydrogens is 290 g/mol. The van der Waals surface area contributed by atoms with Crippen LogP contribution < -0.4 is 5.32 Å². The summed E-state index contributed by atoms with van der Waals surface area (Å²) in [6.07, 6.45) is 6.09. The van der Waals surface area contributed by atoms with Crippen LogP contribution in [0.5, 0.6) is 0 Å². The van der Waals surface area contributed by atoms with Crippen molar-refractivity contribution in [2.75, 3.05) is 5.32 Å². The van der Waals surface area contributed by atoms with Gasteiger partial charge in [-0.3, -0.25) is 4.98 Å². The van der Waals surface area contributed by atoms with Gasteiger partial charge >= 0.3 is 0 Å². The topological polar surface area (TPSA) is 76.7 Å². The van der Waals surface area contributed by atoms with Crippen LogP contribution in [0.25, 0.3) is 11.2 Å². The molecule has 0 radical (unpaired) electrons. The Morgan fingerprint density at radius 2 is 2.09 bits per heavy atom. The molecular formula is C17H21N5O. The van der Waals surface area contributed by atoms with Gasteiger partial charge in [-0.15, -0.1) is 0 Å². The van der Waals surface area contributed by atoms with Crippen molar-refractivity contribution in [3.05, 3.63) is 42.3 Å². The lowest BCUT2D eigenvalue weighted by molar-refractivity contribution is 0.352. The average molecular weight is 311 g/mol. The molecule has 1 N–H and O–H groups in total. The quantitative estimate of drug-likeness (QED) is 0.787. The monoisotopic (exact) mass is 311 g/mol. The summed E-state index contributed by atoms with van der Waals surface area (Å²) in [5.74, 6) is 1.27. The molecule has 3 aromatic heterocycles. The van der Waals surface area contributed by atoms with E-state index in [4.69, 9.17) is 4.42 Å². The molecule has 0 aliphatic heterocycles. The number of rotatable bonds is 4. The van der Waals surface area contributed by atoms with Crippen molar-refractivity contribution in [1.82, 2.24) is 19.9 Å². The predicted octanol–water partition coefficient (Wildman–Crippen LogP) is 3.91. The maximum absolute atomic E-state index is 5.48. The molecule has 0 saturated heterocycles. The summed E-state index contributed by atoms with van der Waals surface area (Å²) in [4.78, 5) is 17.1. The Balaban J connectivity index is 1.97. The van der Waals surface area contributed by atoms with Gasteiger partial charge in [0.2, 0.25) is 0 Å². The van der Waals surface area contributed by atoms with E-state index in [-0.39, 0.29) is 11.5 Å². The normalized spacial score (nSPS) is 13.2. The number of nitrogens with one attached hydrogen (secondary N) is 1. The highest BCUT2D eigenvalue weighted by atomic mass is 16.4. The summed E-state index contributed by atoms with van der Waals surface area (Å²) in [6, 6.07) is 4.10. The van der Waals surface area contributed by atoms with Gasteiger partial charge in [-0.2, -0.15) is 4.98 Å². The van der Waals surface area contributed by atoms with Crippen LogP contribution in [0.15, 0.2) is 35.3 Å². The Hall–Kier alpha value is -2.50. The lowest BCUT2D eigenvalue weighted by Gasteiger charge is -2.27. The van der Waals surface area contributed by atoms with Gasteiger partial charge in [0.25, 0.3) is 5.71 Å². The molecule has 0 amide bonds. The summed E-state index contributed by atoms with van der Waals surface area (Å²) in [6.45, 7) is 8.45. The third-order valence-electron chi connectivity index (χ3n) is 3.52. The second kappa shape index (κ2) is 5.95. The summed E-state index contributed by atoms with van der Waals surface area (Å²) >= 11 is 0. The smallest absolute Gasteiger partial charge is 0.252 e. The molecule has 1 unspecified atom stereocenters. The molecule has 0 aliphatic carbocycles. The number of fused-ring (bicyclic) bond motifs is 1.